The predicted octanol–water partition coefficient (Wildman–Crippen LogP) is 5.22. The van der Waals surface area contributed by atoms with E-state index in [1.54, 1.807) is 25.6 Å². The third-order valence-corrected chi connectivity index (χ3v) is 3.91. The Morgan fingerprint density at radius 2 is 1.61 bits per heavy atom. The molecular formula is C14H17BrO2S. The SMILES string of the molecule is CC.COc1ccc(-c2ccc(Br)s2)cc1OC. The van der Waals surface area contributed by atoms with Gasteiger partial charge in [0.05, 0.1) is 18.0 Å². The highest BCUT2D eigenvalue weighted by atomic mass is 79.9. The Bertz CT molecular complexity index is 494. The second kappa shape index (κ2) is 7.44. The van der Waals surface area contributed by atoms with Gasteiger partial charge in [0.15, 0.2) is 11.5 Å². The lowest BCUT2D eigenvalue weighted by atomic mass is 10.1. The maximum atomic E-state index is 5.27. The molecule has 0 N–H and O–H groups in total. The Labute approximate surface area is 121 Å². The van der Waals surface area contributed by atoms with Gasteiger partial charge in [0.25, 0.3) is 0 Å². The first-order chi connectivity index (χ1) is 8.74. The first-order valence-corrected chi connectivity index (χ1v) is 7.33. The molecule has 0 fully saturated rings. The smallest absolute Gasteiger partial charge is 0.161 e. The van der Waals surface area contributed by atoms with Gasteiger partial charge in [-0.15, -0.1) is 11.3 Å². The maximum absolute atomic E-state index is 5.27. The highest BCUT2D eigenvalue weighted by Gasteiger charge is 2.07. The summed E-state index contributed by atoms with van der Waals surface area (Å²) in [5.41, 5.74) is 1.13. The zero-order valence-corrected chi connectivity index (χ0v) is 13.4. The molecule has 2 nitrogen and oxygen atoms in total. The number of hydrogen-bond donors (Lipinski definition) is 0. The molecule has 1 heterocycles. The highest BCUT2D eigenvalue weighted by molar-refractivity contribution is 9.11. The van der Waals surface area contributed by atoms with E-state index < -0.39 is 0 Å². The number of halogens is 1. The molecule has 0 aliphatic heterocycles. The van der Waals surface area contributed by atoms with Gasteiger partial charge in [-0.2, -0.15) is 0 Å². The van der Waals surface area contributed by atoms with Crippen molar-refractivity contribution >= 4 is 27.3 Å². The lowest BCUT2D eigenvalue weighted by molar-refractivity contribution is 0.355. The van der Waals surface area contributed by atoms with Gasteiger partial charge < -0.3 is 9.47 Å². The summed E-state index contributed by atoms with van der Waals surface area (Å²) in [6, 6.07) is 10.0. The Kier molecular flexibility index (Phi) is 6.22. The number of rotatable bonds is 3. The van der Waals surface area contributed by atoms with Crippen LogP contribution in [0, 0.1) is 0 Å². The summed E-state index contributed by atoms with van der Waals surface area (Å²) >= 11 is 5.15. The van der Waals surface area contributed by atoms with Crippen LogP contribution >= 0.6 is 27.3 Å². The van der Waals surface area contributed by atoms with Gasteiger partial charge in [0.1, 0.15) is 0 Å². The predicted molar refractivity (Wildman–Crippen MR) is 81.9 cm³/mol. The first kappa shape index (κ1) is 15.1. The molecule has 0 amide bonds. The molecule has 0 aliphatic carbocycles. The summed E-state index contributed by atoms with van der Waals surface area (Å²) < 4.78 is 11.6. The van der Waals surface area contributed by atoms with Gasteiger partial charge in [0, 0.05) is 4.88 Å². The fourth-order valence-electron chi connectivity index (χ4n) is 1.46. The molecule has 1 aromatic heterocycles. The number of methoxy groups -OCH3 is 2. The first-order valence-electron chi connectivity index (χ1n) is 5.72. The fourth-order valence-corrected chi connectivity index (χ4v) is 2.84. The van der Waals surface area contributed by atoms with E-state index in [2.05, 4.69) is 22.0 Å². The van der Waals surface area contributed by atoms with Crippen LogP contribution in [0.4, 0.5) is 0 Å². The van der Waals surface area contributed by atoms with Crippen molar-refractivity contribution in [2.75, 3.05) is 14.2 Å². The molecule has 0 bridgehead atoms. The minimum Gasteiger partial charge on any atom is -0.493 e. The second-order valence-corrected chi connectivity index (χ2v) is 5.64. The Morgan fingerprint density at radius 3 is 2.11 bits per heavy atom. The molecule has 0 spiro atoms. The van der Waals surface area contributed by atoms with Crippen molar-refractivity contribution in [1.82, 2.24) is 0 Å². The summed E-state index contributed by atoms with van der Waals surface area (Å²) in [5.74, 6) is 1.51. The number of thiophene rings is 1. The summed E-state index contributed by atoms with van der Waals surface area (Å²) in [5, 5.41) is 0. The zero-order chi connectivity index (χ0) is 13.5. The average Bonchev–Trinajstić information content (AvgIpc) is 2.87. The van der Waals surface area contributed by atoms with Crippen molar-refractivity contribution in [3.63, 3.8) is 0 Å². The van der Waals surface area contributed by atoms with Gasteiger partial charge in [-0.3, -0.25) is 0 Å². The molecule has 0 radical (unpaired) electrons. The Balaban J connectivity index is 0.000000771. The fraction of sp³-hybridized carbons (Fsp3) is 0.286. The summed E-state index contributed by atoms with van der Waals surface area (Å²) in [6.07, 6.45) is 0. The molecule has 1 aromatic carbocycles. The Hall–Kier alpha value is -1.00. The maximum Gasteiger partial charge on any atom is 0.161 e. The molecular weight excluding hydrogens is 312 g/mol. The van der Waals surface area contributed by atoms with Gasteiger partial charge in [-0.1, -0.05) is 13.8 Å². The van der Waals surface area contributed by atoms with Crippen molar-refractivity contribution in [3.05, 3.63) is 34.1 Å². The van der Waals surface area contributed by atoms with E-state index in [9.17, 15) is 0 Å². The lowest BCUT2D eigenvalue weighted by Crippen LogP contribution is -1.90. The summed E-state index contributed by atoms with van der Waals surface area (Å²) in [4.78, 5) is 1.20. The lowest BCUT2D eigenvalue weighted by Gasteiger charge is -2.08. The molecule has 18 heavy (non-hydrogen) atoms. The topological polar surface area (TPSA) is 18.5 Å². The van der Waals surface area contributed by atoms with Crippen LogP contribution in [0.3, 0.4) is 0 Å². The molecule has 0 saturated heterocycles. The molecule has 0 atom stereocenters. The van der Waals surface area contributed by atoms with E-state index in [4.69, 9.17) is 9.47 Å². The van der Waals surface area contributed by atoms with Gasteiger partial charge >= 0.3 is 0 Å². The average molecular weight is 329 g/mol. The molecule has 2 aromatic rings. The Morgan fingerprint density at radius 1 is 0.944 bits per heavy atom. The van der Waals surface area contributed by atoms with E-state index in [0.717, 1.165) is 20.8 Å². The van der Waals surface area contributed by atoms with Crippen LogP contribution < -0.4 is 9.47 Å². The van der Waals surface area contributed by atoms with Crippen molar-refractivity contribution in [2.45, 2.75) is 13.8 Å². The highest BCUT2D eigenvalue weighted by Crippen LogP contribution is 2.36. The van der Waals surface area contributed by atoms with Crippen LogP contribution in [0.1, 0.15) is 13.8 Å². The van der Waals surface area contributed by atoms with Crippen molar-refractivity contribution < 1.29 is 9.47 Å². The second-order valence-electron chi connectivity index (χ2n) is 3.17. The third kappa shape index (κ3) is 3.50. The zero-order valence-electron chi connectivity index (χ0n) is 11.0. The molecule has 0 saturated carbocycles. The van der Waals surface area contributed by atoms with Crippen LogP contribution in [0.15, 0.2) is 34.1 Å². The number of benzene rings is 1. The molecule has 4 heteroatoms. The molecule has 98 valence electrons. The third-order valence-electron chi connectivity index (χ3n) is 2.24. The normalized spacial score (nSPS) is 9.39. The van der Waals surface area contributed by atoms with Crippen molar-refractivity contribution in [1.29, 1.82) is 0 Å². The van der Waals surface area contributed by atoms with Crippen LogP contribution in [-0.2, 0) is 0 Å². The molecule has 2 rings (SSSR count). The minimum absolute atomic E-state index is 0.752. The van der Waals surface area contributed by atoms with Crippen LogP contribution in [-0.4, -0.2) is 14.2 Å². The van der Waals surface area contributed by atoms with Gasteiger partial charge in [-0.25, -0.2) is 0 Å². The summed E-state index contributed by atoms with van der Waals surface area (Å²) in [6.45, 7) is 4.00. The monoisotopic (exact) mass is 328 g/mol. The van der Waals surface area contributed by atoms with Gasteiger partial charge in [0.2, 0.25) is 0 Å². The summed E-state index contributed by atoms with van der Waals surface area (Å²) in [7, 11) is 3.28. The molecule has 0 aliphatic rings. The van der Waals surface area contributed by atoms with Crippen LogP contribution in [0.25, 0.3) is 10.4 Å². The van der Waals surface area contributed by atoms with E-state index in [-0.39, 0.29) is 0 Å². The van der Waals surface area contributed by atoms with Crippen molar-refractivity contribution in [3.8, 4) is 21.9 Å². The number of hydrogen-bond acceptors (Lipinski definition) is 3. The standard InChI is InChI=1S/C12H11BrO2S.C2H6/c1-14-9-4-3-8(7-10(9)15-2)11-5-6-12(13)16-11;1-2/h3-7H,1-2H3;1-2H3. The van der Waals surface area contributed by atoms with E-state index >= 15 is 0 Å². The van der Waals surface area contributed by atoms with E-state index in [0.29, 0.717) is 0 Å². The molecule has 0 unspecified atom stereocenters. The van der Waals surface area contributed by atoms with Crippen LogP contribution in [0.2, 0.25) is 0 Å². The van der Waals surface area contributed by atoms with E-state index in [1.165, 1.54) is 4.88 Å². The van der Waals surface area contributed by atoms with Crippen LogP contribution in [0.5, 0.6) is 11.5 Å². The van der Waals surface area contributed by atoms with Crippen molar-refractivity contribution in [2.24, 2.45) is 0 Å². The largest absolute Gasteiger partial charge is 0.493 e. The number of ether oxygens (including phenoxy) is 2. The minimum atomic E-state index is 0.752. The van der Waals surface area contributed by atoms with E-state index in [1.807, 2.05) is 38.1 Å². The quantitative estimate of drug-likeness (QED) is 0.768. The van der Waals surface area contributed by atoms with Gasteiger partial charge in [-0.05, 0) is 51.8 Å².